The van der Waals surface area contributed by atoms with E-state index in [0.717, 1.165) is 35.5 Å². The van der Waals surface area contributed by atoms with Crippen LogP contribution in [0.25, 0.3) is 0 Å². The fraction of sp³-hybridized carbons (Fsp3) is 0.833. The molecule has 4 saturated carbocycles. The van der Waals surface area contributed by atoms with E-state index in [4.69, 9.17) is 0 Å². The van der Waals surface area contributed by atoms with Crippen LogP contribution in [-0.4, -0.2) is 5.11 Å². The van der Waals surface area contributed by atoms with E-state index in [-0.39, 0.29) is 0 Å². The van der Waals surface area contributed by atoms with E-state index in [1.165, 1.54) is 140 Å². The topological polar surface area (TPSA) is 20.2 Å². The molecular weight excluding hydrogens is 448 g/mol. The third kappa shape index (κ3) is 6.78. The highest BCUT2D eigenvalue weighted by molar-refractivity contribution is 5.44. The first kappa shape index (κ1) is 27.6. The van der Waals surface area contributed by atoms with Gasteiger partial charge in [0.15, 0.2) is 0 Å². The van der Waals surface area contributed by atoms with E-state index in [1.807, 2.05) is 6.07 Å². The Morgan fingerprint density at radius 1 is 0.541 bits per heavy atom. The third-order valence-electron chi connectivity index (χ3n) is 12.0. The highest BCUT2D eigenvalue weighted by atomic mass is 16.3. The number of rotatable bonds is 8. The van der Waals surface area contributed by atoms with E-state index in [2.05, 4.69) is 26.0 Å². The van der Waals surface area contributed by atoms with Crippen LogP contribution in [0.4, 0.5) is 0 Å². The minimum Gasteiger partial charge on any atom is -0.508 e. The van der Waals surface area contributed by atoms with Gasteiger partial charge in [-0.1, -0.05) is 77.3 Å². The van der Waals surface area contributed by atoms with Crippen LogP contribution in [0, 0.1) is 35.5 Å². The Morgan fingerprint density at radius 2 is 0.946 bits per heavy atom. The standard InChI is InChI=1S/C36H58O/c1-3-6-26-10-14-28(15-11-26)30-18-22-32(23-19-30)34-8-5-9-35(37)36(34)33-24-20-31(21-25-33)29-16-12-27(7-4-2)13-17-29/h5,8-9,26-33,37H,3-4,6-7,10-25H2,1-2H3. The van der Waals surface area contributed by atoms with Crippen LogP contribution in [0.5, 0.6) is 5.75 Å². The summed E-state index contributed by atoms with van der Waals surface area (Å²) in [6, 6.07) is 6.52. The zero-order chi connectivity index (χ0) is 25.6. The van der Waals surface area contributed by atoms with Crippen molar-refractivity contribution < 1.29 is 5.11 Å². The number of hydrogen-bond acceptors (Lipinski definition) is 1. The SMILES string of the molecule is CCCC1CCC(C2CCC(c3cccc(O)c3C3CCC(C4CCC(CCC)CC4)CC3)CC2)CC1. The molecule has 0 spiro atoms. The van der Waals surface area contributed by atoms with Gasteiger partial charge in [-0.05, 0) is 136 Å². The summed E-state index contributed by atoms with van der Waals surface area (Å²) in [7, 11) is 0. The van der Waals surface area contributed by atoms with Crippen LogP contribution < -0.4 is 0 Å². The summed E-state index contributed by atoms with van der Waals surface area (Å²) in [4.78, 5) is 0. The van der Waals surface area contributed by atoms with Gasteiger partial charge in [-0.2, -0.15) is 0 Å². The summed E-state index contributed by atoms with van der Waals surface area (Å²) < 4.78 is 0. The molecule has 0 atom stereocenters. The van der Waals surface area contributed by atoms with Crippen molar-refractivity contribution in [2.45, 2.75) is 154 Å². The maximum Gasteiger partial charge on any atom is 0.119 e. The zero-order valence-electron chi connectivity index (χ0n) is 24.4. The number of phenolic OH excluding ortho intramolecular Hbond substituents is 1. The molecule has 1 aromatic carbocycles. The minimum atomic E-state index is 0.593. The van der Waals surface area contributed by atoms with Crippen molar-refractivity contribution in [1.82, 2.24) is 0 Å². The molecule has 4 aliphatic rings. The van der Waals surface area contributed by atoms with Crippen molar-refractivity contribution in [2.75, 3.05) is 0 Å². The van der Waals surface area contributed by atoms with Gasteiger partial charge in [0.05, 0.1) is 0 Å². The summed E-state index contributed by atoms with van der Waals surface area (Å²) in [6.45, 7) is 4.71. The number of phenols is 1. The van der Waals surface area contributed by atoms with Gasteiger partial charge in [-0.15, -0.1) is 0 Å². The van der Waals surface area contributed by atoms with Crippen LogP contribution in [0.2, 0.25) is 0 Å². The lowest BCUT2D eigenvalue weighted by atomic mass is 9.65. The molecule has 0 saturated heterocycles. The van der Waals surface area contributed by atoms with Crippen LogP contribution >= 0.6 is 0 Å². The molecule has 37 heavy (non-hydrogen) atoms. The largest absolute Gasteiger partial charge is 0.508 e. The Bertz CT molecular complexity index is 796. The molecule has 1 heteroatoms. The lowest BCUT2D eigenvalue weighted by Crippen LogP contribution is -2.27. The molecule has 1 nitrogen and oxygen atoms in total. The van der Waals surface area contributed by atoms with E-state index in [0.29, 0.717) is 17.6 Å². The first-order chi connectivity index (χ1) is 18.2. The van der Waals surface area contributed by atoms with Crippen LogP contribution in [-0.2, 0) is 0 Å². The Kier molecular flexibility index (Phi) is 9.98. The van der Waals surface area contributed by atoms with Crippen LogP contribution in [0.3, 0.4) is 0 Å². The maximum absolute atomic E-state index is 11.1. The quantitative estimate of drug-likeness (QED) is 0.371. The molecule has 0 bridgehead atoms. The van der Waals surface area contributed by atoms with E-state index in [9.17, 15) is 5.11 Å². The Morgan fingerprint density at radius 3 is 1.38 bits per heavy atom. The molecule has 0 amide bonds. The summed E-state index contributed by atoms with van der Waals surface area (Å²) in [6.07, 6.45) is 28.6. The van der Waals surface area contributed by atoms with E-state index < -0.39 is 0 Å². The van der Waals surface area contributed by atoms with Gasteiger partial charge in [-0.3, -0.25) is 0 Å². The molecule has 0 heterocycles. The second kappa shape index (κ2) is 13.4. The molecule has 0 aliphatic heterocycles. The molecule has 0 aromatic heterocycles. The summed E-state index contributed by atoms with van der Waals surface area (Å²) in [5.41, 5.74) is 2.91. The minimum absolute atomic E-state index is 0.593. The van der Waals surface area contributed by atoms with Gasteiger partial charge in [0, 0.05) is 5.56 Å². The molecule has 208 valence electrons. The van der Waals surface area contributed by atoms with Crippen molar-refractivity contribution >= 4 is 0 Å². The van der Waals surface area contributed by atoms with E-state index in [1.54, 1.807) is 0 Å². The molecule has 1 aromatic rings. The van der Waals surface area contributed by atoms with Crippen LogP contribution in [0.15, 0.2) is 18.2 Å². The molecular formula is C36H58O. The zero-order valence-corrected chi connectivity index (χ0v) is 24.4. The second-order valence-corrected chi connectivity index (χ2v) is 14.1. The van der Waals surface area contributed by atoms with Crippen molar-refractivity contribution in [3.05, 3.63) is 29.3 Å². The van der Waals surface area contributed by atoms with Gasteiger partial charge >= 0.3 is 0 Å². The predicted molar refractivity (Wildman–Crippen MR) is 158 cm³/mol. The fourth-order valence-electron chi connectivity index (χ4n) is 9.87. The number of benzene rings is 1. The first-order valence-electron chi connectivity index (χ1n) is 17.0. The smallest absolute Gasteiger partial charge is 0.119 e. The summed E-state index contributed by atoms with van der Waals surface area (Å²) in [5, 5.41) is 11.1. The summed E-state index contributed by atoms with van der Waals surface area (Å²) >= 11 is 0. The number of hydrogen-bond donors (Lipinski definition) is 1. The Labute approximate surface area is 229 Å². The van der Waals surface area contributed by atoms with Crippen molar-refractivity contribution in [3.8, 4) is 5.75 Å². The van der Waals surface area contributed by atoms with Gasteiger partial charge in [-0.25, -0.2) is 0 Å². The monoisotopic (exact) mass is 506 g/mol. The second-order valence-electron chi connectivity index (χ2n) is 14.1. The molecule has 4 aliphatic carbocycles. The molecule has 0 radical (unpaired) electrons. The van der Waals surface area contributed by atoms with Crippen molar-refractivity contribution in [2.24, 2.45) is 35.5 Å². The molecule has 4 fully saturated rings. The highest BCUT2D eigenvalue weighted by Crippen LogP contribution is 2.50. The molecule has 1 N–H and O–H groups in total. The van der Waals surface area contributed by atoms with Gasteiger partial charge in [0.1, 0.15) is 5.75 Å². The average molecular weight is 507 g/mol. The maximum atomic E-state index is 11.1. The lowest BCUT2D eigenvalue weighted by Gasteiger charge is -2.40. The Hall–Kier alpha value is -0.980. The third-order valence-corrected chi connectivity index (χ3v) is 12.0. The lowest BCUT2D eigenvalue weighted by molar-refractivity contribution is 0.153. The van der Waals surface area contributed by atoms with Crippen molar-refractivity contribution in [3.63, 3.8) is 0 Å². The average Bonchev–Trinajstić information content (AvgIpc) is 2.94. The van der Waals surface area contributed by atoms with Crippen molar-refractivity contribution in [1.29, 1.82) is 0 Å². The first-order valence-corrected chi connectivity index (χ1v) is 17.0. The molecule has 0 unspecified atom stereocenters. The van der Waals surface area contributed by atoms with Gasteiger partial charge < -0.3 is 5.11 Å². The fourth-order valence-corrected chi connectivity index (χ4v) is 9.87. The van der Waals surface area contributed by atoms with Gasteiger partial charge in [0.25, 0.3) is 0 Å². The van der Waals surface area contributed by atoms with Gasteiger partial charge in [0.2, 0.25) is 0 Å². The normalized spacial score (nSPS) is 37.4. The highest BCUT2D eigenvalue weighted by Gasteiger charge is 2.35. The number of aromatic hydroxyl groups is 1. The summed E-state index contributed by atoms with van der Waals surface area (Å²) in [5.74, 6) is 7.86. The van der Waals surface area contributed by atoms with Crippen LogP contribution in [0.1, 0.15) is 165 Å². The van der Waals surface area contributed by atoms with E-state index >= 15 is 0 Å². The molecule has 5 rings (SSSR count). The predicted octanol–water partition coefficient (Wildman–Crippen LogP) is 11.2. The Balaban J connectivity index is 1.14.